The molecule has 1 amide bonds. The van der Waals surface area contributed by atoms with Crippen molar-refractivity contribution in [2.24, 2.45) is 5.92 Å². The first-order valence-corrected chi connectivity index (χ1v) is 12.4. The maximum absolute atomic E-state index is 13.1. The van der Waals surface area contributed by atoms with Crippen LogP contribution in [0.15, 0.2) is 35.3 Å². The Morgan fingerprint density at radius 2 is 1.94 bits per heavy atom. The molecule has 0 aliphatic carbocycles. The highest BCUT2D eigenvalue weighted by molar-refractivity contribution is 5.99. The van der Waals surface area contributed by atoms with Crippen molar-refractivity contribution in [1.29, 1.82) is 0 Å². The molecule has 0 atom stereocenters. The summed E-state index contributed by atoms with van der Waals surface area (Å²) in [7, 11) is 0. The number of hydrogen-bond acceptors (Lipinski definition) is 5. The molecule has 188 valence electrons. The molecule has 0 radical (unpaired) electrons. The molecule has 1 saturated heterocycles. The predicted octanol–water partition coefficient (Wildman–Crippen LogP) is 2.53. The predicted molar refractivity (Wildman–Crippen MR) is 139 cm³/mol. The van der Waals surface area contributed by atoms with Crippen LogP contribution in [-0.4, -0.2) is 51.2 Å². The minimum atomic E-state index is -0.146. The van der Waals surface area contributed by atoms with Crippen LogP contribution in [0.3, 0.4) is 0 Å². The van der Waals surface area contributed by atoms with Crippen molar-refractivity contribution in [2.75, 3.05) is 26.2 Å². The van der Waals surface area contributed by atoms with Crippen LogP contribution in [0.5, 0.6) is 0 Å². The third-order valence-corrected chi connectivity index (χ3v) is 7.31. The van der Waals surface area contributed by atoms with Gasteiger partial charge in [0.2, 0.25) is 0 Å². The SMILES string of the molecule is CCn1c2c(c(=O)n3ncc(C(=O)NCC4CCN(Cc5ccc(C)cc5)CC4)c13)CNCC2.Cl. The number of nitrogens with zero attached hydrogens (tertiary/aromatic N) is 4. The maximum Gasteiger partial charge on any atom is 0.279 e. The summed E-state index contributed by atoms with van der Waals surface area (Å²) in [6, 6.07) is 8.76. The van der Waals surface area contributed by atoms with Gasteiger partial charge in [0.05, 0.1) is 11.8 Å². The molecule has 1 fully saturated rings. The first-order chi connectivity index (χ1) is 16.5. The maximum atomic E-state index is 13.1. The van der Waals surface area contributed by atoms with Crippen LogP contribution in [0, 0.1) is 12.8 Å². The van der Waals surface area contributed by atoms with E-state index >= 15 is 0 Å². The minimum Gasteiger partial charge on any atom is -0.352 e. The van der Waals surface area contributed by atoms with Gasteiger partial charge >= 0.3 is 0 Å². The number of amides is 1. The van der Waals surface area contributed by atoms with E-state index in [1.165, 1.54) is 15.6 Å². The molecular formula is C26H35ClN6O2. The summed E-state index contributed by atoms with van der Waals surface area (Å²) in [6.07, 6.45) is 4.46. The van der Waals surface area contributed by atoms with Crippen LogP contribution < -0.4 is 16.2 Å². The van der Waals surface area contributed by atoms with Crippen molar-refractivity contribution in [2.45, 2.75) is 52.7 Å². The molecule has 5 rings (SSSR count). The van der Waals surface area contributed by atoms with Gasteiger partial charge in [-0.2, -0.15) is 9.61 Å². The van der Waals surface area contributed by atoms with E-state index < -0.39 is 0 Å². The second-order valence-corrected chi connectivity index (χ2v) is 9.61. The zero-order chi connectivity index (χ0) is 23.7. The number of aromatic nitrogens is 3. The van der Waals surface area contributed by atoms with E-state index in [0.717, 1.165) is 56.7 Å². The van der Waals surface area contributed by atoms with Crippen LogP contribution in [0.2, 0.25) is 0 Å². The molecule has 0 spiro atoms. The Morgan fingerprint density at radius 1 is 1.20 bits per heavy atom. The zero-order valence-corrected chi connectivity index (χ0v) is 21.4. The molecule has 0 saturated carbocycles. The number of carbonyl (C=O) groups excluding carboxylic acids is 1. The lowest BCUT2D eigenvalue weighted by Crippen LogP contribution is -2.38. The molecule has 2 aliphatic rings. The first kappa shape index (κ1) is 25.4. The lowest BCUT2D eigenvalue weighted by Gasteiger charge is -2.32. The summed E-state index contributed by atoms with van der Waals surface area (Å²) in [4.78, 5) is 28.6. The monoisotopic (exact) mass is 498 g/mol. The molecule has 4 heterocycles. The van der Waals surface area contributed by atoms with Crippen LogP contribution >= 0.6 is 12.4 Å². The summed E-state index contributed by atoms with van der Waals surface area (Å²) < 4.78 is 3.48. The second kappa shape index (κ2) is 10.9. The standard InChI is InChI=1S/C26H34N6O2.ClH/c1-3-31-23-8-11-27-15-21(23)26(34)32-25(31)22(16-29-32)24(33)28-14-19-9-12-30(13-10-19)17-20-6-4-18(2)5-7-20;/h4-7,16,19,27H,3,8-15,17H2,1-2H3,(H,28,33);1H. The Bertz CT molecular complexity index is 1240. The van der Waals surface area contributed by atoms with Gasteiger partial charge in [0.15, 0.2) is 5.65 Å². The van der Waals surface area contributed by atoms with E-state index in [2.05, 4.69) is 56.4 Å². The lowest BCUT2D eigenvalue weighted by atomic mass is 9.96. The highest BCUT2D eigenvalue weighted by Crippen LogP contribution is 2.20. The quantitative estimate of drug-likeness (QED) is 0.545. The summed E-state index contributed by atoms with van der Waals surface area (Å²) >= 11 is 0. The number of aryl methyl sites for hydroxylation is 2. The smallest absolute Gasteiger partial charge is 0.279 e. The van der Waals surface area contributed by atoms with Crippen molar-refractivity contribution in [1.82, 2.24) is 29.7 Å². The summed E-state index contributed by atoms with van der Waals surface area (Å²) in [6.45, 7) is 9.96. The van der Waals surface area contributed by atoms with Gasteiger partial charge in [-0.05, 0) is 51.3 Å². The third-order valence-electron chi connectivity index (χ3n) is 7.31. The van der Waals surface area contributed by atoms with Gasteiger partial charge in [0.1, 0.15) is 5.56 Å². The Labute approximate surface area is 212 Å². The molecule has 2 aromatic heterocycles. The Kier molecular flexibility index (Phi) is 7.94. The topological polar surface area (TPSA) is 83.7 Å². The fourth-order valence-corrected chi connectivity index (χ4v) is 5.31. The Hall–Kier alpha value is -2.68. The number of likely N-dealkylation sites (tertiary alicyclic amines) is 1. The minimum absolute atomic E-state index is 0. The number of piperidine rings is 1. The highest BCUT2D eigenvalue weighted by atomic mass is 35.5. The van der Waals surface area contributed by atoms with Gasteiger partial charge in [-0.3, -0.25) is 14.5 Å². The largest absolute Gasteiger partial charge is 0.352 e. The van der Waals surface area contributed by atoms with E-state index in [1.807, 2.05) is 6.92 Å². The van der Waals surface area contributed by atoms with Crippen molar-refractivity contribution in [3.8, 4) is 0 Å². The van der Waals surface area contributed by atoms with Crippen molar-refractivity contribution in [3.63, 3.8) is 0 Å². The van der Waals surface area contributed by atoms with Gasteiger partial charge in [0, 0.05) is 44.8 Å². The van der Waals surface area contributed by atoms with Gasteiger partial charge < -0.3 is 15.2 Å². The fraction of sp³-hybridized carbons (Fsp3) is 0.500. The molecule has 2 N–H and O–H groups in total. The van der Waals surface area contributed by atoms with Crippen molar-refractivity contribution >= 4 is 24.0 Å². The highest BCUT2D eigenvalue weighted by Gasteiger charge is 2.25. The normalized spacial score (nSPS) is 16.6. The van der Waals surface area contributed by atoms with Gasteiger partial charge in [-0.15, -0.1) is 12.4 Å². The molecular weight excluding hydrogens is 464 g/mol. The molecule has 0 bridgehead atoms. The van der Waals surface area contributed by atoms with E-state index in [4.69, 9.17) is 0 Å². The van der Waals surface area contributed by atoms with Crippen LogP contribution in [0.1, 0.15) is 52.5 Å². The van der Waals surface area contributed by atoms with Crippen LogP contribution in [-0.2, 0) is 26.1 Å². The molecule has 9 heteroatoms. The van der Waals surface area contributed by atoms with Crippen LogP contribution in [0.25, 0.3) is 5.65 Å². The van der Waals surface area contributed by atoms with E-state index in [1.54, 1.807) is 6.20 Å². The average molecular weight is 499 g/mol. The summed E-state index contributed by atoms with van der Waals surface area (Å²) in [5.74, 6) is 0.319. The Balaban J connectivity index is 0.00000289. The van der Waals surface area contributed by atoms with Crippen molar-refractivity contribution < 1.29 is 4.79 Å². The van der Waals surface area contributed by atoms with E-state index in [0.29, 0.717) is 36.8 Å². The van der Waals surface area contributed by atoms with Gasteiger partial charge in [0.25, 0.3) is 11.5 Å². The van der Waals surface area contributed by atoms with Gasteiger partial charge in [-0.25, -0.2) is 0 Å². The molecule has 35 heavy (non-hydrogen) atoms. The molecule has 0 unspecified atom stereocenters. The fourth-order valence-electron chi connectivity index (χ4n) is 5.31. The summed E-state index contributed by atoms with van der Waals surface area (Å²) in [5.41, 5.74) is 5.39. The lowest BCUT2D eigenvalue weighted by molar-refractivity contribution is 0.0936. The van der Waals surface area contributed by atoms with E-state index in [9.17, 15) is 9.59 Å². The first-order valence-electron chi connectivity index (χ1n) is 12.4. The molecule has 1 aromatic carbocycles. The number of rotatable bonds is 6. The van der Waals surface area contributed by atoms with Crippen molar-refractivity contribution in [3.05, 3.63) is 68.8 Å². The third kappa shape index (κ3) is 5.15. The second-order valence-electron chi connectivity index (χ2n) is 9.61. The number of carbonyl (C=O) groups is 1. The van der Waals surface area contributed by atoms with Crippen LogP contribution in [0.4, 0.5) is 0 Å². The molecule has 8 nitrogen and oxygen atoms in total. The number of benzene rings is 1. The number of nitrogens with one attached hydrogen (secondary N) is 2. The molecule has 3 aromatic rings. The average Bonchev–Trinajstić information content (AvgIpc) is 3.31. The Morgan fingerprint density at radius 3 is 2.66 bits per heavy atom. The van der Waals surface area contributed by atoms with Gasteiger partial charge in [-0.1, -0.05) is 29.8 Å². The van der Waals surface area contributed by atoms with E-state index in [-0.39, 0.29) is 23.9 Å². The summed E-state index contributed by atoms with van der Waals surface area (Å²) in [5, 5.41) is 10.7. The zero-order valence-electron chi connectivity index (χ0n) is 20.5. The number of hydrogen-bond donors (Lipinski definition) is 2. The number of fused-ring (bicyclic) bond motifs is 2. The molecule has 2 aliphatic heterocycles. The number of halogens is 1.